The van der Waals surface area contributed by atoms with Gasteiger partial charge in [-0.1, -0.05) is 19.0 Å². The lowest BCUT2D eigenvalue weighted by molar-refractivity contribution is 0.370. The molecule has 2 atom stereocenters. The molecule has 1 aliphatic rings. The first-order valence-electron chi connectivity index (χ1n) is 4.45. The first-order chi connectivity index (χ1) is 6.22. The fourth-order valence-corrected chi connectivity index (χ4v) is 1.24. The molecule has 0 radical (unpaired) electrons. The summed E-state index contributed by atoms with van der Waals surface area (Å²) in [5.41, 5.74) is 0. The molecule has 0 N–H and O–H groups in total. The Morgan fingerprint density at radius 3 is 2.85 bits per heavy atom. The van der Waals surface area contributed by atoms with Gasteiger partial charge >= 0.3 is 0 Å². The van der Waals surface area contributed by atoms with Gasteiger partial charge in [0.05, 0.1) is 17.9 Å². The van der Waals surface area contributed by atoms with Crippen LogP contribution in [0, 0.1) is 17.2 Å². The lowest BCUT2D eigenvalue weighted by Crippen LogP contribution is -1.90. The van der Waals surface area contributed by atoms with Crippen LogP contribution in [0.25, 0.3) is 0 Å². The third-order valence-electron chi connectivity index (χ3n) is 2.25. The zero-order valence-corrected chi connectivity index (χ0v) is 7.69. The maximum atomic E-state index is 8.61. The molecule has 1 aromatic rings. The van der Waals surface area contributed by atoms with Gasteiger partial charge in [0, 0.05) is 5.92 Å². The van der Waals surface area contributed by atoms with Crippen molar-refractivity contribution in [2.45, 2.75) is 32.1 Å². The smallest absolute Gasteiger partial charge is 0.231 e. The SMILES string of the molecule is CC(C)c1noc(C2CC2C#N)n1. The highest BCUT2D eigenvalue weighted by Gasteiger charge is 2.43. The topological polar surface area (TPSA) is 62.7 Å². The van der Waals surface area contributed by atoms with Crippen LogP contribution in [0.1, 0.15) is 43.8 Å². The Kier molecular flexibility index (Phi) is 1.80. The lowest BCUT2D eigenvalue weighted by Gasteiger charge is -1.91. The van der Waals surface area contributed by atoms with Crippen LogP contribution in [0.5, 0.6) is 0 Å². The number of nitrogens with zero attached hydrogens (tertiary/aromatic N) is 3. The summed E-state index contributed by atoms with van der Waals surface area (Å²) >= 11 is 0. The van der Waals surface area contributed by atoms with Gasteiger partial charge in [0.25, 0.3) is 0 Å². The Morgan fingerprint density at radius 2 is 2.38 bits per heavy atom. The number of hydrogen-bond donors (Lipinski definition) is 0. The van der Waals surface area contributed by atoms with Gasteiger partial charge in [-0.25, -0.2) is 0 Å². The van der Waals surface area contributed by atoms with Crippen molar-refractivity contribution in [3.63, 3.8) is 0 Å². The molecular formula is C9H11N3O. The normalized spacial score (nSPS) is 26.0. The molecule has 1 aliphatic carbocycles. The zero-order valence-electron chi connectivity index (χ0n) is 7.69. The van der Waals surface area contributed by atoms with Crippen molar-refractivity contribution in [1.29, 1.82) is 5.26 Å². The Bertz CT molecular complexity index is 350. The Hall–Kier alpha value is -1.37. The summed E-state index contributed by atoms with van der Waals surface area (Å²) in [7, 11) is 0. The van der Waals surface area contributed by atoms with Crippen molar-refractivity contribution >= 4 is 0 Å². The number of aromatic nitrogens is 2. The summed E-state index contributed by atoms with van der Waals surface area (Å²) < 4.78 is 5.07. The summed E-state index contributed by atoms with van der Waals surface area (Å²) in [5.74, 6) is 1.95. The highest BCUT2D eigenvalue weighted by molar-refractivity contribution is 5.15. The largest absolute Gasteiger partial charge is 0.339 e. The van der Waals surface area contributed by atoms with E-state index >= 15 is 0 Å². The Balaban J connectivity index is 2.12. The van der Waals surface area contributed by atoms with Gasteiger partial charge in [-0.3, -0.25) is 0 Å². The molecule has 1 fully saturated rings. The third-order valence-corrected chi connectivity index (χ3v) is 2.25. The molecular weight excluding hydrogens is 166 g/mol. The molecule has 4 nitrogen and oxygen atoms in total. The summed E-state index contributed by atoms with van der Waals surface area (Å²) in [4.78, 5) is 4.24. The van der Waals surface area contributed by atoms with Crippen molar-refractivity contribution in [3.05, 3.63) is 11.7 Å². The van der Waals surface area contributed by atoms with E-state index in [4.69, 9.17) is 9.78 Å². The summed E-state index contributed by atoms with van der Waals surface area (Å²) in [6, 6.07) is 2.20. The average molecular weight is 177 g/mol. The van der Waals surface area contributed by atoms with Crippen LogP contribution in [0.15, 0.2) is 4.52 Å². The summed E-state index contributed by atoms with van der Waals surface area (Å²) in [5, 5.41) is 12.5. The van der Waals surface area contributed by atoms with E-state index in [-0.39, 0.29) is 17.8 Å². The van der Waals surface area contributed by atoms with Gasteiger partial charge in [0.2, 0.25) is 5.89 Å². The van der Waals surface area contributed by atoms with Crippen molar-refractivity contribution in [1.82, 2.24) is 10.1 Å². The van der Waals surface area contributed by atoms with Gasteiger partial charge in [-0.2, -0.15) is 10.2 Å². The van der Waals surface area contributed by atoms with Crippen molar-refractivity contribution in [3.8, 4) is 6.07 Å². The minimum absolute atomic E-state index is 0.0977. The van der Waals surface area contributed by atoms with E-state index in [0.717, 1.165) is 12.2 Å². The standard InChI is InChI=1S/C9H11N3O/c1-5(2)8-11-9(13-12-8)7-3-6(7)4-10/h5-7H,3H2,1-2H3. The molecule has 2 rings (SSSR count). The van der Waals surface area contributed by atoms with Crippen LogP contribution in [0.3, 0.4) is 0 Å². The fraction of sp³-hybridized carbons (Fsp3) is 0.667. The first kappa shape index (κ1) is 8.24. The molecule has 0 bridgehead atoms. The summed E-state index contributed by atoms with van der Waals surface area (Å²) in [6.45, 7) is 4.03. The van der Waals surface area contributed by atoms with Crippen LogP contribution in [0.2, 0.25) is 0 Å². The monoisotopic (exact) mass is 177 g/mol. The minimum Gasteiger partial charge on any atom is -0.339 e. The molecule has 0 aliphatic heterocycles. The third kappa shape index (κ3) is 1.42. The lowest BCUT2D eigenvalue weighted by atomic mass is 10.2. The molecule has 1 aromatic heterocycles. The van der Waals surface area contributed by atoms with Gasteiger partial charge in [-0.15, -0.1) is 0 Å². The predicted molar refractivity (Wildman–Crippen MR) is 44.8 cm³/mol. The highest BCUT2D eigenvalue weighted by Crippen LogP contribution is 2.46. The second-order valence-corrected chi connectivity index (χ2v) is 3.72. The van der Waals surface area contributed by atoms with E-state index in [9.17, 15) is 0 Å². The predicted octanol–water partition coefficient (Wildman–Crippen LogP) is 1.82. The van der Waals surface area contributed by atoms with Gasteiger partial charge in [0.1, 0.15) is 0 Å². The quantitative estimate of drug-likeness (QED) is 0.691. The van der Waals surface area contributed by atoms with Crippen molar-refractivity contribution < 1.29 is 4.52 Å². The van der Waals surface area contributed by atoms with Crippen LogP contribution in [-0.4, -0.2) is 10.1 Å². The van der Waals surface area contributed by atoms with Gasteiger partial charge in [-0.05, 0) is 6.42 Å². The molecule has 0 saturated heterocycles. The summed E-state index contributed by atoms with van der Waals surface area (Å²) in [6.07, 6.45) is 0.871. The van der Waals surface area contributed by atoms with Gasteiger partial charge < -0.3 is 4.52 Å². The maximum absolute atomic E-state index is 8.61. The second-order valence-electron chi connectivity index (χ2n) is 3.72. The van der Waals surface area contributed by atoms with E-state index in [1.165, 1.54) is 0 Å². The van der Waals surface area contributed by atoms with Gasteiger partial charge in [0.15, 0.2) is 5.82 Å². The average Bonchev–Trinajstić information content (AvgIpc) is 2.73. The van der Waals surface area contributed by atoms with E-state index in [1.807, 2.05) is 13.8 Å². The zero-order chi connectivity index (χ0) is 9.42. The molecule has 0 aromatic carbocycles. The highest BCUT2D eigenvalue weighted by atomic mass is 16.5. The molecule has 68 valence electrons. The van der Waals surface area contributed by atoms with Crippen LogP contribution < -0.4 is 0 Å². The molecule has 4 heteroatoms. The van der Waals surface area contributed by atoms with Crippen molar-refractivity contribution in [2.24, 2.45) is 5.92 Å². The Morgan fingerprint density at radius 1 is 1.62 bits per heavy atom. The molecule has 2 unspecified atom stereocenters. The van der Waals surface area contributed by atoms with E-state index in [0.29, 0.717) is 5.89 Å². The molecule has 0 amide bonds. The van der Waals surface area contributed by atoms with E-state index < -0.39 is 0 Å². The molecule has 0 spiro atoms. The van der Waals surface area contributed by atoms with Crippen molar-refractivity contribution in [2.75, 3.05) is 0 Å². The van der Waals surface area contributed by atoms with E-state index in [2.05, 4.69) is 16.2 Å². The Labute approximate surface area is 76.6 Å². The minimum atomic E-state index is 0.0977. The number of rotatable bonds is 2. The van der Waals surface area contributed by atoms with E-state index in [1.54, 1.807) is 0 Å². The molecule has 1 saturated carbocycles. The second kappa shape index (κ2) is 2.84. The van der Waals surface area contributed by atoms with Crippen LogP contribution >= 0.6 is 0 Å². The number of nitriles is 1. The first-order valence-corrected chi connectivity index (χ1v) is 4.45. The number of hydrogen-bond acceptors (Lipinski definition) is 4. The molecule has 13 heavy (non-hydrogen) atoms. The van der Waals surface area contributed by atoms with Crippen LogP contribution in [-0.2, 0) is 0 Å². The van der Waals surface area contributed by atoms with Crippen LogP contribution in [0.4, 0.5) is 0 Å². The fourth-order valence-electron chi connectivity index (χ4n) is 1.24. The maximum Gasteiger partial charge on any atom is 0.231 e. The molecule has 1 heterocycles.